The molecule has 3 aromatic heterocycles. The highest BCUT2D eigenvalue weighted by Gasteiger charge is 2.20. The number of imidazole rings is 1. The number of hydrogen-bond acceptors (Lipinski definition) is 9. The van der Waals surface area contributed by atoms with Crippen LogP contribution in [0.2, 0.25) is 0 Å². The molecule has 10 nitrogen and oxygen atoms in total. The molecule has 4 rings (SSSR count). The predicted octanol–water partition coefficient (Wildman–Crippen LogP) is 2.98. The van der Waals surface area contributed by atoms with Gasteiger partial charge < -0.3 is 16.1 Å². The van der Waals surface area contributed by atoms with Gasteiger partial charge in [0.25, 0.3) is 0 Å². The van der Waals surface area contributed by atoms with E-state index >= 15 is 0 Å². The van der Waals surface area contributed by atoms with Crippen LogP contribution in [0.25, 0.3) is 5.65 Å². The number of fused-ring (bicyclic) bond motifs is 1. The first-order chi connectivity index (χ1) is 16.9. The van der Waals surface area contributed by atoms with Crippen molar-refractivity contribution in [2.24, 2.45) is 15.9 Å². The van der Waals surface area contributed by atoms with Crippen LogP contribution in [0.5, 0.6) is 0 Å². The number of nitriles is 2. The summed E-state index contributed by atoms with van der Waals surface area (Å²) in [4.78, 5) is 15.1. The number of hydrazone groups is 1. The van der Waals surface area contributed by atoms with Gasteiger partial charge in [0.05, 0.1) is 35.9 Å². The van der Waals surface area contributed by atoms with Gasteiger partial charge in [-0.2, -0.15) is 15.6 Å². The predicted molar refractivity (Wildman–Crippen MR) is 130 cm³/mol. The maximum absolute atomic E-state index is 13.3. The highest BCUT2D eigenvalue weighted by molar-refractivity contribution is 6.47. The number of halogens is 1. The van der Waals surface area contributed by atoms with E-state index in [2.05, 4.69) is 32.6 Å². The molecule has 0 aromatic carbocycles. The van der Waals surface area contributed by atoms with Crippen LogP contribution in [0.1, 0.15) is 49.7 Å². The molecule has 3 N–H and O–H groups in total. The molecular weight excluding hydrogens is 447 g/mol. The summed E-state index contributed by atoms with van der Waals surface area (Å²) in [5, 5.41) is 26.0. The molecule has 1 saturated heterocycles. The quantitative estimate of drug-likeness (QED) is 0.243. The second kappa shape index (κ2) is 10.2. The fraction of sp³-hybridized carbons (Fsp3) is 0.333. The molecule has 4 heterocycles. The fourth-order valence-corrected chi connectivity index (χ4v) is 4.18. The fourth-order valence-electron chi connectivity index (χ4n) is 4.18. The standard InChI is InChI=1S/C24H25FN10/c1-15(21-4-3-18(25)12-29-21)32-23-10-17(9-22-30-13-20(11-26)35(22)23)24(33-28)16(2)31-19-5-7-34(14-27)8-6-19/h3-4,9-10,12-13,15,19,32H,5-8,28H2,1-2H3/b31-16?,33-24+. The molecule has 178 valence electrons. The topological polar surface area (TPSA) is 144 Å². The Labute approximate surface area is 202 Å². The number of nitrogens with one attached hydrogen (secondary N) is 1. The summed E-state index contributed by atoms with van der Waals surface area (Å²) in [5.74, 6) is 5.97. The molecule has 1 unspecified atom stereocenters. The molecular formula is C24H25FN10. The van der Waals surface area contributed by atoms with Crippen molar-refractivity contribution >= 4 is 22.9 Å². The highest BCUT2D eigenvalue weighted by atomic mass is 19.1. The van der Waals surface area contributed by atoms with Crippen molar-refractivity contribution in [3.8, 4) is 12.3 Å². The van der Waals surface area contributed by atoms with Gasteiger partial charge in [0.15, 0.2) is 6.19 Å². The number of anilines is 1. The summed E-state index contributed by atoms with van der Waals surface area (Å²) in [7, 11) is 0. The van der Waals surface area contributed by atoms with Crippen molar-refractivity contribution in [1.82, 2.24) is 19.3 Å². The molecule has 0 radical (unpaired) electrons. The molecule has 1 aliphatic rings. The monoisotopic (exact) mass is 472 g/mol. The van der Waals surface area contributed by atoms with Gasteiger partial charge in [-0.15, -0.1) is 0 Å². The molecule has 1 atom stereocenters. The van der Waals surface area contributed by atoms with E-state index in [4.69, 9.17) is 16.1 Å². The van der Waals surface area contributed by atoms with Crippen molar-refractivity contribution in [3.05, 3.63) is 59.4 Å². The lowest BCUT2D eigenvalue weighted by molar-refractivity contribution is 0.297. The number of pyridine rings is 2. The van der Waals surface area contributed by atoms with Crippen molar-refractivity contribution in [3.63, 3.8) is 0 Å². The molecule has 3 aromatic rings. The number of nitrogens with zero attached hydrogens (tertiary/aromatic N) is 8. The van der Waals surface area contributed by atoms with Gasteiger partial charge in [-0.05, 0) is 51.0 Å². The Kier molecular flexibility index (Phi) is 6.88. The van der Waals surface area contributed by atoms with E-state index in [1.165, 1.54) is 12.3 Å². The minimum absolute atomic E-state index is 0.0823. The van der Waals surface area contributed by atoms with Crippen molar-refractivity contribution in [2.75, 3.05) is 18.4 Å². The molecule has 35 heavy (non-hydrogen) atoms. The van der Waals surface area contributed by atoms with Gasteiger partial charge >= 0.3 is 0 Å². The minimum Gasteiger partial charge on any atom is -0.363 e. The van der Waals surface area contributed by atoms with E-state index in [1.54, 1.807) is 21.4 Å². The summed E-state index contributed by atoms with van der Waals surface area (Å²) in [6, 6.07) is 8.53. The Bertz CT molecular complexity index is 1350. The maximum Gasteiger partial charge on any atom is 0.179 e. The Hall–Kier alpha value is -4.51. The van der Waals surface area contributed by atoms with Gasteiger partial charge in [-0.3, -0.25) is 14.4 Å². The first kappa shape index (κ1) is 23.6. The van der Waals surface area contributed by atoms with Gasteiger partial charge in [0.1, 0.15) is 34.8 Å². The van der Waals surface area contributed by atoms with Crippen LogP contribution < -0.4 is 11.2 Å². The Morgan fingerprint density at radius 3 is 2.63 bits per heavy atom. The third-order valence-corrected chi connectivity index (χ3v) is 6.01. The van der Waals surface area contributed by atoms with Gasteiger partial charge in [0, 0.05) is 18.7 Å². The van der Waals surface area contributed by atoms with Crippen molar-refractivity contribution in [1.29, 1.82) is 10.5 Å². The normalized spacial score (nSPS) is 16.1. The van der Waals surface area contributed by atoms with Crippen LogP contribution in [-0.4, -0.2) is 49.8 Å². The molecule has 1 fully saturated rings. The number of hydrogen-bond donors (Lipinski definition) is 2. The van der Waals surface area contributed by atoms with E-state index < -0.39 is 5.82 Å². The molecule has 11 heteroatoms. The first-order valence-corrected chi connectivity index (χ1v) is 11.2. The average Bonchev–Trinajstić information content (AvgIpc) is 3.29. The Morgan fingerprint density at radius 1 is 1.23 bits per heavy atom. The van der Waals surface area contributed by atoms with Crippen LogP contribution in [-0.2, 0) is 0 Å². The zero-order valence-corrected chi connectivity index (χ0v) is 19.5. The lowest BCUT2D eigenvalue weighted by Crippen LogP contribution is -2.32. The summed E-state index contributed by atoms with van der Waals surface area (Å²) in [5.41, 5.74) is 3.41. The highest BCUT2D eigenvalue weighted by Crippen LogP contribution is 2.24. The Balaban J connectivity index is 1.68. The average molecular weight is 473 g/mol. The number of piperidine rings is 1. The van der Waals surface area contributed by atoms with Crippen molar-refractivity contribution in [2.45, 2.75) is 38.8 Å². The second-order valence-electron chi connectivity index (χ2n) is 8.36. The van der Waals surface area contributed by atoms with Crippen LogP contribution in [0, 0.1) is 28.6 Å². The molecule has 1 aliphatic heterocycles. The number of rotatable bonds is 6. The van der Waals surface area contributed by atoms with Gasteiger partial charge in [-0.25, -0.2) is 9.37 Å². The number of nitrogens with two attached hydrogens (primary N) is 1. The van der Waals surface area contributed by atoms with Crippen LogP contribution in [0.15, 0.2) is 46.8 Å². The Morgan fingerprint density at radius 2 is 2.00 bits per heavy atom. The first-order valence-electron chi connectivity index (χ1n) is 11.2. The molecule has 0 saturated carbocycles. The van der Waals surface area contributed by atoms with E-state index in [0.29, 0.717) is 52.9 Å². The van der Waals surface area contributed by atoms with E-state index in [-0.39, 0.29) is 12.1 Å². The maximum atomic E-state index is 13.3. The lowest BCUT2D eigenvalue weighted by atomic mass is 10.0. The van der Waals surface area contributed by atoms with Crippen LogP contribution in [0.3, 0.4) is 0 Å². The van der Waals surface area contributed by atoms with E-state index in [0.717, 1.165) is 19.0 Å². The van der Waals surface area contributed by atoms with Gasteiger partial charge in [0.2, 0.25) is 0 Å². The van der Waals surface area contributed by atoms with Gasteiger partial charge in [-0.1, -0.05) is 0 Å². The number of likely N-dealkylation sites (tertiary alicyclic amines) is 1. The minimum atomic E-state index is -0.413. The zero-order chi connectivity index (χ0) is 24.9. The third-order valence-electron chi connectivity index (χ3n) is 6.01. The number of aromatic nitrogens is 3. The summed E-state index contributed by atoms with van der Waals surface area (Å²) >= 11 is 0. The number of aliphatic imine (C=N–C) groups is 1. The molecule has 0 spiro atoms. The molecule has 0 aliphatic carbocycles. The van der Waals surface area contributed by atoms with E-state index in [9.17, 15) is 9.65 Å². The smallest absolute Gasteiger partial charge is 0.179 e. The molecule has 0 amide bonds. The van der Waals surface area contributed by atoms with Crippen LogP contribution in [0.4, 0.5) is 10.2 Å². The lowest BCUT2D eigenvalue weighted by Gasteiger charge is -2.26. The molecule has 0 bridgehead atoms. The third kappa shape index (κ3) is 5.04. The second-order valence-corrected chi connectivity index (χ2v) is 8.36. The van der Waals surface area contributed by atoms with Crippen LogP contribution >= 0.6 is 0 Å². The summed E-state index contributed by atoms with van der Waals surface area (Å²) in [6.45, 7) is 5.09. The van der Waals surface area contributed by atoms with Crippen molar-refractivity contribution < 1.29 is 4.39 Å². The zero-order valence-electron chi connectivity index (χ0n) is 19.5. The largest absolute Gasteiger partial charge is 0.363 e. The SMILES string of the molecule is CC(=NC1CCN(C#N)CC1)/C(=N\N)c1cc(NC(C)c2ccc(F)cn2)n2c(C#N)cnc2c1. The summed E-state index contributed by atoms with van der Waals surface area (Å²) < 4.78 is 15.0. The van der Waals surface area contributed by atoms with E-state index in [1.807, 2.05) is 19.9 Å². The summed E-state index contributed by atoms with van der Waals surface area (Å²) in [6.07, 6.45) is 6.40.